The van der Waals surface area contributed by atoms with Crippen LogP contribution in [-0.4, -0.2) is 33.3 Å². The zero-order valence-electron chi connectivity index (χ0n) is 12.3. The topological polar surface area (TPSA) is 58.2 Å². The van der Waals surface area contributed by atoms with Gasteiger partial charge in [-0.1, -0.05) is 6.92 Å². The Kier molecular flexibility index (Phi) is 7.21. The molecule has 0 saturated heterocycles. The molecule has 21 heavy (non-hydrogen) atoms. The van der Waals surface area contributed by atoms with Crippen LogP contribution in [0.15, 0.2) is 18.2 Å². The molecule has 1 unspecified atom stereocenters. The fraction of sp³-hybridized carbons (Fsp3) is 0.571. The van der Waals surface area contributed by atoms with E-state index in [0.29, 0.717) is 12.1 Å². The van der Waals surface area contributed by atoms with Crippen molar-refractivity contribution < 1.29 is 17.2 Å². The first-order valence-electron chi connectivity index (χ1n) is 6.99. The first-order chi connectivity index (χ1) is 9.85. The number of hydrogen-bond donors (Lipinski definition) is 2. The highest BCUT2D eigenvalue weighted by Crippen LogP contribution is 2.08. The molecule has 0 aromatic heterocycles. The van der Waals surface area contributed by atoms with Crippen LogP contribution in [0.4, 0.5) is 8.78 Å². The van der Waals surface area contributed by atoms with E-state index in [9.17, 15) is 17.2 Å². The molecule has 0 saturated carbocycles. The fourth-order valence-corrected chi connectivity index (χ4v) is 2.84. The maximum atomic E-state index is 13.0. The number of nitrogens with one attached hydrogen (secondary N) is 2. The van der Waals surface area contributed by atoms with Crippen LogP contribution in [0.25, 0.3) is 0 Å². The van der Waals surface area contributed by atoms with E-state index in [1.165, 1.54) is 12.1 Å². The monoisotopic (exact) mass is 320 g/mol. The van der Waals surface area contributed by atoms with Gasteiger partial charge in [-0.2, -0.15) is 0 Å². The Morgan fingerprint density at radius 3 is 2.33 bits per heavy atom. The Hall–Kier alpha value is -1.05. The third-order valence-corrected chi connectivity index (χ3v) is 4.86. The van der Waals surface area contributed by atoms with E-state index in [-0.39, 0.29) is 13.0 Å². The molecule has 0 amide bonds. The summed E-state index contributed by atoms with van der Waals surface area (Å²) in [5, 5.41) is 2.48. The highest BCUT2D eigenvalue weighted by molar-refractivity contribution is 7.90. The summed E-state index contributed by atoms with van der Waals surface area (Å²) in [5.41, 5.74) is 0.423. The van der Waals surface area contributed by atoms with Gasteiger partial charge >= 0.3 is 0 Å². The van der Waals surface area contributed by atoms with Gasteiger partial charge in [0.15, 0.2) is 0 Å². The second-order valence-electron chi connectivity index (χ2n) is 4.98. The Morgan fingerprint density at radius 1 is 1.14 bits per heavy atom. The third-order valence-electron chi connectivity index (χ3n) is 3.03. The van der Waals surface area contributed by atoms with Crippen molar-refractivity contribution in [3.63, 3.8) is 0 Å². The van der Waals surface area contributed by atoms with Gasteiger partial charge in [0.05, 0.1) is 5.25 Å². The average molecular weight is 320 g/mol. The minimum atomic E-state index is -3.43. The zero-order valence-corrected chi connectivity index (χ0v) is 13.1. The zero-order chi connectivity index (χ0) is 15.9. The quantitative estimate of drug-likeness (QED) is 0.682. The van der Waals surface area contributed by atoms with E-state index in [4.69, 9.17) is 0 Å². The van der Waals surface area contributed by atoms with Gasteiger partial charge in [-0.25, -0.2) is 21.9 Å². The van der Waals surface area contributed by atoms with E-state index in [0.717, 1.165) is 19.0 Å². The summed E-state index contributed by atoms with van der Waals surface area (Å²) >= 11 is 0. The van der Waals surface area contributed by atoms with Crippen molar-refractivity contribution in [3.8, 4) is 0 Å². The minimum absolute atomic E-state index is 0.114. The Bertz CT molecular complexity index is 530. The molecule has 0 aliphatic rings. The van der Waals surface area contributed by atoms with Gasteiger partial charge in [-0.05, 0) is 44.0 Å². The van der Waals surface area contributed by atoms with Crippen LogP contribution in [0.3, 0.4) is 0 Å². The van der Waals surface area contributed by atoms with Crippen LogP contribution < -0.4 is 10.0 Å². The van der Waals surface area contributed by atoms with Crippen LogP contribution in [-0.2, 0) is 16.4 Å². The van der Waals surface area contributed by atoms with Gasteiger partial charge in [-0.3, -0.25) is 0 Å². The molecule has 2 N–H and O–H groups in total. The summed E-state index contributed by atoms with van der Waals surface area (Å²) in [5.74, 6) is -1.32. The second kappa shape index (κ2) is 8.41. The molecule has 0 aliphatic carbocycles. The molecule has 1 aromatic carbocycles. The molecule has 0 spiro atoms. The molecule has 120 valence electrons. The number of hydrogen-bond acceptors (Lipinski definition) is 3. The lowest BCUT2D eigenvalue weighted by Crippen LogP contribution is -2.39. The Morgan fingerprint density at radius 2 is 1.76 bits per heavy atom. The molecule has 1 rings (SSSR count). The van der Waals surface area contributed by atoms with Gasteiger partial charge in [0.1, 0.15) is 11.6 Å². The number of rotatable bonds is 9. The van der Waals surface area contributed by atoms with Gasteiger partial charge < -0.3 is 5.32 Å². The van der Waals surface area contributed by atoms with E-state index >= 15 is 0 Å². The Labute approximate surface area is 125 Å². The maximum Gasteiger partial charge on any atom is 0.215 e. The summed E-state index contributed by atoms with van der Waals surface area (Å²) in [6, 6.07) is 3.18. The lowest BCUT2D eigenvalue weighted by Gasteiger charge is -2.14. The third kappa shape index (κ3) is 6.50. The highest BCUT2D eigenvalue weighted by atomic mass is 32.2. The van der Waals surface area contributed by atoms with Crippen LogP contribution in [0.5, 0.6) is 0 Å². The predicted octanol–water partition coefficient (Wildman–Crippen LogP) is 1.81. The van der Waals surface area contributed by atoms with Crippen molar-refractivity contribution in [1.82, 2.24) is 10.0 Å². The van der Waals surface area contributed by atoms with Gasteiger partial charge in [0, 0.05) is 19.2 Å². The summed E-state index contributed by atoms with van der Waals surface area (Å²) in [6.07, 6.45) is 1.17. The van der Waals surface area contributed by atoms with E-state index in [1.54, 1.807) is 6.92 Å². The van der Waals surface area contributed by atoms with Gasteiger partial charge in [0.2, 0.25) is 10.0 Å². The number of halogens is 2. The second-order valence-corrected chi connectivity index (χ2v) is 7.17. The Balaban J connectivity index is 2.46. The molecule has 0 radical (unpaired) electrons. The molecule has 0 bridgehead atoms. The van der Waals surface area contributed by atoms with Crippen molar-refractivity contribution in [3.05, 3.63) is 35.4 Å². The van der Waals surface area contributed by atoms with Crippen LogP contribution >= 0.6 is 0 Å². The fourth-order valence-electron chi connectivity index (χ4n) is 1.83. The highest BCUT2D eigenvalue weighted by Gasteiger charge is 2.19. The van der Waals surface area contributed by atoms with E-state index in [1.807, 2.05) is 6.92 Å². The average Bonchev–Trinajstić information content (AvgIpc) is 2.37. The molecule has 7 heteroatoms. The molecule has 4 nitrogen and oxygen atoms in total. The van der Waals surface area contributed by atoms with Crippen molar-refractivity contribution >= 4 is 10.0 Å². The first kappa shape index (κ1) is 18.0. The van der Waals surface area contributed by atoms with Crippen LogP contribution in [0.2, 0.25) is 0 Å². The predicted molar refractivity (Wildman–Crippen MR) is 79.6 cm³/mol. The van der Waals surface area contributed by atoms with Crippen molar-refractivity contribution in [2.24, 2.45) is 0 Å². The molecular weight excluding hydrogens is 298 g/mol. The summed E-state index contributed by atoms with van der Waals surface area (Å²) < 4.78 is 52.4. The summed E-state index contributed by atoms with van der Waals surface area (Å²) in [4.78, 5) is 0. The molecule has 0 heterocycles. The van der Waals surface area contributed by atoms with Crippen molar-refractivity contribution in [2.75, 3.05) is 19.6 Å². The summed E-state index contributed by atoms with van der Waals surface area (Å²) in [7, 11) is -3.43. The number of sulfonamides is 1. The minimum Gasteiger partial charge on any atom is -0.315 e. The standard InChI is InChI=1S/C14H22F2N2O2S/c1-3-5-17-10-11(2)21(19,20)18-6-4-12-7-13(15)9-14(16)8-12/h7-9,11,17-18H,3-6,10H2,1-2H3. The lowest BCUT2D eigenvalue weighted by atomic mass is 10.1. The smallest absolute Gasteiger partial charge is 0.215 e. The van der Waals surface area contributed by atoms with Crippen molar-refractivity contribution in [2.45, 2.75) is 31.9 Å². The lowest BCUT2D eigenvalue weighted by molar-refractivity contribution is 0.556. The molecule has 0 fully saturated rings. The van der Waals surface area contributed by atoms with Crippen LogP contribution in [0, 0.1) is 11.6 Å². The largest absolute Gasteiger partial charge is 0.315 e. The van der Waals surface area contributed by atoms with E-state index < -0.39 is 26.9 Å². The normalized spacial score (nSPS) is 13.3. The number of benzene rings is 1. The molecule has 1 aromatic rings. The molecule has 1 atom stereocenters. The van der Waals surface area contributed by atoms with Crippen LogP contribution in [0.1, 0.15) is 25.8 Å². The SMILES string of the molecule is CCCNCC(C)S(=O)(=O)NCCc1cc(F)cc(F)c1. The maximum absolute atomic E-state index is 13.0. The van der Waals surface area contributed by atoms with Gasteiger partial charge in [0.25, 0.3) is 0 Å². The first-order valence-corrected chi connectivity index (χ1v) is 8.54. The molecular formula is C14H22F2N2O2S. The molecule has 0 aliphatic heterocycles. The van der Waals surface area contributed by atoms with Gasteiger partial charge in [-0.15, -0.1) is 0 Å². The van der Waals surface area contributed by atoms with E-state index in [2.05, 4.69) is 10.0 Å². The van der Waals surface area contributed by atoms with Crippen molar-refractivity contribution in [1.29, 1.82) is 0 Å². The summed E-state index contributed by atoms with van der Waals surface area (Å²) in [6.45, 7) is 4.87.